The summed E-state index contributed by atoms with van der Waals surface area (Å²) >= 11 is 0. The molecule has 3 N–H and O–H groups in total. The van der Waals surface area contributed by atoms with E-state index in [0.717, 1.165) is 66.7 Å². The van der Waals surface area contributed by atoms with Crippen LogP contribution in [0.4, 0.5) is 4.79 Å². The first-order valence-corrected chi connectivity index (χ1v) is 18.0. The highest BCUT2D eigenvalue weighted by molar-refractivity contribution is 5.69. The Labute approximate surface area is 309 Å². The van der Waals surface area contributed by atoms with Gasteiger partial charge in [0.2, 0.25) is 0 Å². The van der Waals surface area contributed by atoms with Crippen molar-refractivity contribution in [2.45, 2.75) is 84.4 Å². The third kappa shape index (κ3) is 12.3. The Kier molecular flexibility index (Phi) is 15.4. The second-order valence-electron chi connectivity index (χ2n) is 14.0. The molecule has 2 atom stereocenters. The predicted octanol–water partition coefficient (Wildman–Crippen LogP) is 7.11. The van der Waals surface area contributed by atoms with Crippen LogP contribution in [0.2, 0.25) is 0 Å². The molecular formula is C42H56N4O6. The Morgan fingerprint density at radius 3 is 1.67 bits per heavy atom. The zero-order valence-electron chi connectivity index (χ0n) is 30.1. The van der Waals surface area contributed by atoms with Crippen LogP contribution in [0, 0.1) is 0 Å². The Hall–Kier alpha value is -4.51. The summed E-state index contributed by atoms with van der Waals surface area (Å²) in [5, 5.41) is 21.1. The van der Waals surface area contributed by atoms with Gasteiger partial charge in [-0.3, -0.25) is 9.97 Å². The number of aryl methyl sites for hydroxylation is 2. The maximum atomic E-state index is 12.2. The van der Waals surface area contributed by atoms with Crippen molar-refractivity contribution in [1.29, 1.82) is 0 Å². The van der Waals surface area contributed by atoms with E-state index >= 15 is 0 Å². The van der Waals surface area contributed by atoms with Crippen LogP contribution in [-0.4, -0.2) is 88.4 Å². The number of aliphatic hydroxyl groups is 2. The molecule has 280 valence electrons. The van der Waals surface area contributed by atoms with Crippen LogP contribution in [-0.2, 0) is 17.6 Å². The molecular weight excluding hydrogens is 656 g/mol. The SMILES string of the molecule is C.CC(C)(C)OC(=O)N1CC[C@H]1COc1cncc(-c2ccc(CCCO)cc2)c1.OCCCc1ccc(-c2cncc(OC[C@@H]3CCN3)c2)cc1. The lowest BCUT2D eigenvalue weighted by Crippen LogP contribution is -2.55. The van der Waals surface area contributed by atoms with Gasteiger partial charge in [0.15, 0.2) is 0 Å². The average molecular weight is 713 g/mol. The summed E-state index contributed by atoms with van der Waals surface area (Å²) < 4.78 is 17.2. The van der Waals surface area contributed by atoms with Gasteiger partial charge in [-0.25, -0.2) is 4.79 Å². The van der Waals surface area contributed by atoms with E-state index < -0.39 is 5.60 Å². The Balaban J connectivity index is 0.000000236. The van der Waals surface area contributed by atoms with Crippen LogP contribution >= 0.6 is 0 Å². The van der Waals surface area contributed by atoms with Gasteiger partial charge < -0.3 is 34.6 Å². The van der Waals surface area contributed by atoms with Gasteiger partial charge in [0.05, 0.1) is 18.4 Å². The predicted molar refractivity (Wildman–Crippen MR) is 206 cm³/mol. The fourth-order valence-corrected chi connectivity index (χ4v) is 5.66. The normalized spacial score (nSPS) is 16.3. The largest absolute Gasteiger partial charge is 0.490 e. The Bertz CT molecular complexity index is 1650. The molecule has 0 radical (unpaired) electrons. The number of ether oxygens (including phenoxy) is 3. The highest BCUT2D eigenvalue weighted by Gasteiger charge is 2.35. The fourth-order valence-electron chi connectivity index (χ4n) is 5.66. The van der Waals surface area contributed by atoms with Gasteiger partial charge in [-0.2, -0.15) is 0 Å². The number of nitrogens with zero attached hydrogens (tertiary/aromatic N) is 3. The number of nitrogens with one attached hydrogen (secondary N) is 1. The molecule has 0 saturated carbocycles. The van der Waals surface area contributed by atoms with Crippen molar-refractivity contribution in [3.63, 3.8) is 0 Å². The van der Waals surface area contributed by atoms with Crippen molar-refractivity contribution >= 4 is 6.09 Å². The summed E-state index contributed by atoms with van der Waals surface area (Å²) in [6, 6.07) is 21.2. The van der Waals surface area contributed by atoms with E-state index in [4.69, 9.17) is 24.4 Å². The average Bonchev–Trinajstić information content (AvgIpc) is 3.09. The molecule has 1 amide bonds. The third-order valence-electron chi connectivity index (χ3n) is 8.84. The minimum Gasteiger partial charge on any atom is -0.490 e. The number of carbonyl (C=O) groups excluding carboxylic acids is 1. The highest BCUT2D eigenvalue weighted by atomic mass is 16.6. The first-order chi connectivity index (χ1) is 24.7. The van der Waals surface area contributed by atoms with E-state index in [0.29, 0.717) is 31.5 Å². The first kappa shape index (κ1) is 40.3. The van der Waals surface area contributed by atoms with E-state index in [1.165, 1.54) is 17.5 Å². The molecule has 0 spiro atoms. The molecule has 2 aromatic carbocycles. The summed E-state index contributed by atoms with van der Waals surface area (Å²) in [5.41, 5.74) is 6.19. The smallest absolute Gasteiger partial charge is 0.410 e. The van der Waals surface area contributed by atoms with Gasteiger partial charge in [0, 0.05) is 49.3 Å². The second kappa shape index (κ2) is 19.9. The first-order valence-electron chi connectivity index (χ1n) is 18.0. The Morgan fingerprint density at radius 1 is 0.769 bits per heavy atom. The minimum absolute atomic E-state index is 0. The van der Waals surface area contributed by atoms with Crippen molar-refractivity contribution in [3.05, 3.63) is 96.6 Å². The van der Waals surface area contributed by atoms with Crippen molar-refractivity contribution in [2.24, 2.45) is 0 Å². The van der Waals surface area contributed by atoms with Crippen LogP contribution < -0.4 is 14.8 Å². The van der Waals surface area contributed by atoms with Gasteiger partial charge in [0.25, 0.3) is 0 Å². The van der Waals surface area contributed by atoms with Gasteiger partial charge in [-0.1, -0.05) is 56.0 Å². The van der Waals surface area contributed by atoms with Crippen molar-refractivity contribution in [1.82, 2.24) is 20.2 Å². The number of amides is 1. The standard InChI is InChI=1S/C23H30N2O4.C18H22N2O2.CH4/c1-23(2,3)29-22(27)25-11-10-20(25)16-28-21-13-19(14-24-15-21)18-8-6-17(7-9-18)5-4-12-26;21-9-1-2-14-3-5-15(6-4-14)16-10-18(12-19-11-16)22-13-17-7-8-20-17;/h6-9,13-15,20,26H,4-5,10-12,16H2,1-3H3;3-6,10-12,17,20-21H,1-2,7-9,13H2;1H4/t20-;17-;/m00./s1. The topological polar surface area (TPSA) is 126 Å². The fraction of sp³-hybridized carbons (Fsp3) is 0.452. The molecule has 4 aromatic rings. The molecule has 2 saturated heterocycles. The van der Waals surface area contributed by atoms with Crippen molar-refractivity contribution in [3.8, 4) is 33.8 Å². The van der Waals surface area contributed by atoms with Gasteiger partial charge in [0.1, 0.15) is 30.3 Å². The van der Waals surface area contributed by atoms with E-state index in [1.807, 2.05) is 45.3 Å². The molecule has 10 nitrogen and oxygen atoms in total. The number of likely N-dealkylation sites (tertiary alicyclic amines) is 1. The molecule has 2 fully saturated rings. The van der Waals surface area contributed by atoms with E-state index in [1.54, 1.807) is 17.3 Å². The maximum Gasteiger partial charge on any atom is 0.410 e. The van der Waals surface area contributed by atoms with Crippen LogP contribution in [0.1, 0.15) is 65.0 Å². The Morgan fingerprint density at radius 2 is 1.27 bits per heavy atom. The zero-order chi connectivity index (χ0) is 36.1. The quantitative estimate of drug-likeness (QED) is 0.125. The monoisotopic (exact) mass is 712 g/mol. The molecule has 10 heteroatoms. The van der Waals surface area contributed by atoms with Crippen LogP contribution in [0.3, 0.4) is 0 Å². The summed E-state index contributed by atoms with van der Waals surface area (Å²) in [5.74, 6) is 1.50. The highest BCUT2D eigenvalue weighted by Crippen LogP contribution is 2.27. The molecule has 6 rings (SSSR count). The van der Waals surface area contributed by atoms with E-state index in [9.17, 15) is 4.79 Å². The van der Waals surface area contributed by atoms with Crippen molar-refractivity contribution in [2.75, 3.05) is 39.5 Å². The van der Waals surface area contributed by atoms with E-state index in [-0.39, 0.29) is 32.8 Å². The van der Waals surface area contributed by atoms with Crippen LogP contribution in [0.15, 0.2) is 85.5 Å². The summed E-state index contributed by atoms with van der Waals surface area (Å²) in [6.07, 6.45) is 12.3. The second-order valence-corrected chi connectivity index (χ2v) is 14.0. The molecule has 2 aliphatic heterocycles. The number of hydrogen-bond donors (Lipinski definition) is 3. The summed E-state index contributed by atoms with van der Waals surface area (Å²) in [4.78, 5) is 22.5. The lowest BCUT2D eigenvalue weighted by Gasteiger charge is -2.40. The van der Waals surface area contributed by atoms with E-state index in [2.05, 4.69) is 63.8 Å². The number of hydrogen-bond acceptors (Lipinski definition) is 9. The maximum absolute atomic E-state index is 12.2. The molecule has 4 heterocycles. The zero-order valence-corrected chi connectivity index (χ0v) is 30.1. The number of aliphatic hydroxyl groups excluding tert-OH is 2. The van der Waals surface area contributed by atoms with Gasteiger partial charge in [-0.05, 0) is 100 Å². The number of benzene rings is 2. The van der Waals surface area contributed by atoms with Crippen molar-refractivity contribution < 1.29 is 29.2 Å². The number of rotatable bonds is 14. The molecule has 2 aromatic heterocycles. The molecule has 52 heavy (non-hydrogen) atoms. The minimum atomic E-state index is -0.496. The number of carbonyl (C=O) groups is 1. The molecule has 2 aliphatic rings. The molecule has 0 unspecified atom stereocenters. The number of aromatic nitrogens is 2. The lowest BCUT2D eigenvalue weighted by atomic mass is 10.0. The molecule has 0 bridgehead atoms. The van der Waals surface area contributed by atoms with Crippen LogP contribution in [0.5, 0.6) is 11.5 Å². The number of pyridine rings is 2. The van der Waals surface area contributed by atoms with Gasteiger partial charge >= 0.3 is 6.09 Å². The summed E-state index contributed by atoms with van der Waals surface area (Å²) in [6.45, 7) is 8.96. The summed E-state index contributed by atoms with van der Waals surface area (Å²) in [7, 11) is 0. The third-order valence-corrected chi connectivity index (χ3v) is 8.84. The van der Waals surface area contributed by atoms with Crippen LogP contribution in [0.25, 0.3) is 22.3 Å². The van der Waals surface area contributed by atoms with Gasteiger partial charge in [-0.15, -0.1) is 0 Å². The molecule has 0 aliphatic carbocycles. The lowest BCUT2D eigenvalue weighted by molar-refractivity contribution is -0.0141.